The summed E-state index contributed by atoms with van der Waals surface area (Å²) in [6.07, 6.45) is 4.42. The maximum atomic E-state index is 5.52. The van der Waals surface area contributed by atoms with Crippen molar-refractivity contribution in [2.45, 2.75) is 19.3 Å². The van der Waals surface area contributed by atoms with Crippen LogP contribution in [-0.2, 0) is 0 Å². The molecule has 0 amide bonds. The molecule has 0 aliphatic heterocycles. The van der Waals surface area contributed by atoms with Crippen molar-refractivity contribution in [2.24, 2.45) is 23.5 Å². The summed E-state index contributed by atoms with van der Waals surface area (Å²) in [4.78, 5) is 0. The fourth-order valence-electron chi connectivity index (χ4n) is 2.03. The topological polar surface area (TPSA) is 26.0 Å². The summed E-state index contributed by atoms with van der Waals surface area (Å²) in [7, 11) is 0. The summed E-state index contributed by atoms with van der Waals surface area (Å²) >= 11 is 0. The molecule has 8 heavy (non-hydrogen) atoms. The zero-order valence-electron chi connectivity index (χ0n) is 5.14. The highest BCUT2D eigenvalue weighted by Gasteiger charge is 2.44. The average Bonchev–Trinajstić information content (AvgIpc) is 2.40. The van der Waals surface area contributed by atoms with Crippen LogP contribution in [0.4, 0.5) is 0 Å². The molecule has 0 bridgehead atoms. The van der Waals surface area contributed by atoms with Gasteiger partial charge in [-0.3, -0.25) is 0 Å². The van der Waals surface area contributed by atoms with Gasteiger partial charge in [-0.15, -0.1) is 0 Å². The highest BCUT2D eigenvalue weighted by Crippen LogP contribution is 2.53. The molecular weight excluding hydrogens is 98.1 g/mol. The maximum absolute atomic E-state index is 5.52. The lowest BCUT2D eigenvalue weighted by molar-refractivity contribution is 0.499. The number of nitrogens with two attached hydrogens (primary N) is 1. The smallest absolute Gasteiger partial charge is 0.00487 e. The molecule has 2 N–H and O–H groups in total. The van der Waals surface area contributed by atoms with Crippen molar-refractivity contribution in [1.82, 2.24) is 0 Å². The van der Waals surface area contributed by atoms with Crippen LogP contribution in [-0.4, -0.2) is 6.54 Å². The van der Waals surface area contributed by atoms with Gasteiger partial charge in [0.05, 0.1) is 0 Å². The molecule has 0 aromatic heterocycles. The van der Waals surface area contributed by atoms with Crippen LogP contribution >= 0.6 is 0 Å². The molecule has 2 fully saturated rings. The molecule has 1 nitrogen and oxygen atoms in total. The summed E-state index contributed by atoms with van der Waals surface area (Å²) in [5.74, 6) is 3.13. The second-order valence-electron chi connectivity index (χ2n) is 3.33. The van der Waals surface area contributed by atoms with Crippen LogP contribution in [0, 0.1) is 17.8 Å². The van der Waals surface area contributed by atoms with Crippen molar-refractivity contribution in [3.8, 4) is 0 Å². The van der Waals surface area contributed by atoms with Gasteiger partial charge in [-0.1, -0.05) is 0 Å². The quantitative estimate of drug-likeness (QED) is 0.536. The Morgan fingerprint density at radius 1 is 1.12 bits per heavy atom. The van der Waals surface area contributed by atoms with Crippen molar-refractivity contribution in [3.63, 3.8) is 0 Å². The second-order valence-corrected chi connectivity index (χ2v) is 3.33. The van der Waals surface area contributed by atoms with Gasteiger partial charge in [0.15, 0.2) is 0 Å². The number of hydrogen-bond acceptors (Lipinski definition) is 1. The average molecular weight is 111 g/mol. The highest BCUT2D eigenvalue weighted by atomic mass is 14.6. The van der Waals surface area contributed by atoms with Gasteiger partial charge >= 0.3 is 0 Å². The molecule has 0 unspecified atom stereocenters. The maximum Gasteiger partial charge on any atom is -0.00487 e. The summed E-state index contributed by atoms with van der Waals surface area (Å²) in [6.45, 7) is 0.938. The Hall–Kier alpha value is -0.0400. The molecule has 0 aromatic rings. The first kappa shape index (κ1) is 4.80. The molecule has 0 heterocycles. The van der Waals surface area contributed by atoms with Crippen molar-refractivity contribution < 1.29 is 0 Å². The fraction of sp³-hybridized carbons (Fsp3) is 1.00. The summed E-state index contributed by atoms with van der Waals surface area (Å²) in [5, 5.41) is 0. The van der Waals surface area contributed by atoms with Crippen LogP contribution in [0.25, 0.3) is 0 Å². The number of rotatable bonds is 1. The first-order valence-electron chi connectivity index (χ1n) is 3.60. The van der Waals surface area contributed by atoms with E-state index in [0.717, 1.165) is 24.3 Å². The molecule has 0 spiro atoms. The van der Waals surface area contributed by atoms with E-state index >= 15 is 0 Å². The molecule has 0 radical (unpaired) electrons. The molecule has 0 aromatic carbocycles. The van der Waals surface area contributed by atoms with Gasteiger partial charge in [0.2, 0.25) is 0 Å². The molecular formula is C7H13N. The lowest BCUT2D eigenvalue weighted by Crippen LogP contribution is -2.11. The summed E-state index contributed by atoms with van der Waals surface area (Å²) in [6, 6.07) is 0. The van der Waals surface area contributed by atoms with E-state index in [1.807, 2.05) is 0 Å². The highest BCUT2D eigenvalue weighted by molar-refractivity contribution is 4.95. The van der Waals surface area contributed by atoms with Crippen LogP contribution in [0.15, 0.2) is 0 Å². The van der Waals surface area contributed by atoms with Gasteiger partial charge in [0, 0.05) is 0 Å². The van der Waals surface area contributed by atoms with Crippen LogP contribution < -0.4 is 5.73 Å². The molecule has 2 atom stereocenters. The van der Waals surface area contributed by atoms with Crippen molar-refractivity contribution in [2.75, 3.05) is 6.54 Å². The largest absolute Gasteiger partial charge is 0.330 e. The van der Waals surface area contributed by atoms with E-state index in [2.05, 4.69) is 0 Å². The van der Waals surface area contributed by atoms with Crippen LogP contribution in [0.5, 0.6) is 0 Å². The SMILES string of the molecule is NCC1C[C@@H]2C[C@H]2C1. The van der Waals surface area contributed by atoms with Gasteiger partial charge in [-0.2, -0.15) is 0 Å². The van der Waals surface area contributed by atoms with Gasteiger partial charge in [0.25, 0.3) is 0 Å². The molecule has 2 saturated carbocycles. The first-order chi connectivity index (χ1) is 3.90. The molecule has 2 aliphatic rings. The Morgan fingerprint density at radius 3 is 2.12 bits per heavy atom. The van der Waals surface area contributed by atoms with Gasteiger partial charge in [0.1, 0.15) is 0 Å². The summed E-state index contributed by atoms with van der Waals surface area (Å²) in [5.41, 5.74) is 5.52. The first-order valence-corrected chi connectivity index (χ1v) is 3.60. The Kier molecular flexibility index (Phi) is 0.884. The zero-order chi connectivity index (χ0) is 5.56. The Bertz CT molecular complexity index is 90.6. The van der Waals surface area contributed by atoms with Gasteiger partial charge in [-0.25, -0.2) is 0 Å². The third-order valence-electron chi connectivity index (χ3n) is 2.67. The third-order valence-corrected chi connectivity index (χ3v) is 2.67. The standard InChI is InChI=1S/C7H13N/c8-4-5-1-6-3-7(6)2-5/h5-7H,1-4,8H2/t6-,7-/m1/s1. The fourth-order valence-corrected chi connectivity index (χ4v) is 2.03. The second kappa shape index (κ2) is 1.47. The molecule has 0 saturated heterocycles. The van der Waals surface area contributed by atoms with Crippen LogP contribution in [0.2, 0.25) is 0 Å². The lowest BCUT2D eigenvalue weighted by atomic mass is 10.0. The number of hydrogen-bond donors (Lipinski definition) is 1. The minimum atomic E-state index is 0.902. The Balaban J connectivity index is 1.89. The van der Waals surface area contributed by atoms with Crippen molar-refractivity contribution >= 4 is 0 Å². The zero-order valence-corrected chi connectivity index (χ0v) is 5.14. The van der Waals surface area contributed by atoms with Crippen LogP contribution in [0.1, 0.15) is 19.3 Å². The van der Waals surface area contributed by atoms with E-state index in [0.29, 0.717) is 0 Å². The van der Waals surface area contributed by atoms with E-state index in [-0.39, 0.29) is 0 Å². The van der Waals surface area contributed by atoms with E-state index < -0.39 is 0 Å². The van der Waals surface area contributed by atoms with Crippen LogP contribution in [0.3, 0.4) is 0 Å². The number of fused-ring (bicyclic) bond motifs is 1. The van der Waals surface area contributed by atoms with Crippen molar-refractivity contribution in [3.05, 3.63) is 0 Å². The normalized spacial score (nSPS) is 44.6. The minimum Gasteiger partial charge on any atom is -0.330 e. The predicted molar refractivity (Wildman–Crippen MR) is 33.4 cm³/mol. The van der Waals surface area contributed by atoms with E-state index in [9.17, 15) is 0 Å². The van der Waals surface area contributed by atoms with E-state index in [1.165, 1.54) is 19.3 Å². The van der Waals surface area contributed by atoms with Gasteiger partial charge in [-0.05, 0) is 43.6 Å². The summed E-state index contributed by atoms with van der Waals surface area (Å²) < 4.78 is 0. The van der Waals surface area contributed by atoms with E-state index in [1.54, 1.807) is 0 Å². The molecule has 1 heteroatoms. The van der Waals surface area contributed by atoms with Gasteiger partial charge < -0.3 is 5.73 Å². The Labute approximate surface area is 50.3 Å². The minimum absolute atomic E-state index is 0.902. The molecule has 2 aliphatic carbocycles. The lowest BCUT2D eigenvalue weighted by Gasteiger charge is -2.04. The van der Waals surface area contributed by atoms with E-state index in [4.69, 9.17) is 5.73 Å². The molecule has 46 valence electrons. The third kappa shape index (κ3) is 0.576. The monoisotopic (exact) mass is 111 g/mol. The molecule has 2 rings (SSSR count). The predicted octanol–water partition coefficient (Wildman–Crippen LogP) is 0.991. The Morgan fingerprint density at radius 2 is 1.75 bits per heavy atom. The van der Waals surface area contributed by atoms with Crippen molar-refractivity contribution in [1.29, 1.82) is 0 Å².